The van der Waals surface area contributed by atoms with E-state index in [0.717, 1.165) is 6.42 Å². The van der Waals surface area contributed by atoms with E-state index in [9.17, 15) is 4.79 Å². The molecule has 2 unspecified atom stereocenters. The summed E-state index contributed by atoms with van der Waals surface area (Å²) in [5.41, 5.74) is 0. The molecule has 4 heteroatoms. The first-order valence-electron chi connectivity index (χ1n) is 3.97. The third-order valence-electron chi connectivity index (χ3n) is 2.23. The number of ether oxygens (including phenoxy) is 2. The molecule has 2 atom stereocenters. The third-order valence-corrected chi connectivity index (χ3v) is 2.23. The molecule has 0 aromatic carbocycles. The summed E-state index contributed by atoms with van der Waals surface area (Å²) in [5, 5.41) is 0. The number of cyclic esters (lactones) is 1. The summed E-state index contributed by atoms with van der Waals surface area (Å²) >= 11 is 0. The van der Waals surface area contributed by atoms with Crippen LogP contribution in [0, 0.1) is 0 Å². The summed E-state index contributed by atoms with van der Waals surface area (Å²) in [6.45, 7) is 0.489. The van der Waals surface area contributed by atoms with E-state index >= 15 is 0 Å². The summed E-state index contributed by atoms with van der Waals surface area (Å²) < 4.78 is 10.0. The molecule has 66 valence electrons. The van der Waals surface area contributed by atoms with Crippen LogP contribution in [0.2, 0.25) is 0 Å². The lowest BCUT2D eigenvalue weighted by atomic mass is 10.1. The normalized spacial score (nSPS) is 33.4. The van der Waals surface area contributed by atoms with Crippen LogP contribution in [0.4, 0.5) is 4.79 Å². The van der Waals surface area contributed by atoms with E-state index in [-0.39, 0.29) is 18.4 Å². The Morgan fingerprint density at radius 2 is 2.58 bits per heavy atom. The Hall–Kier alpha value is -1.03. The first-order valence-corrected chi connectivity index (χ1v) is 3.97. The van der Waals surface area contributed by atoms with Crippen molar-refractivity contribution < 1.29 is 14.3 Å². The lowest BCUT2D eigenvalue weighted by Crippen LogP contribution is -2.44. The van der Waals surface area contributed by atoms with Crippen molar-refractivity contribution in [3.05, 3.63) is 12.2 Å². The fourth-order valence-corrected chi connectivity index (χ4v) is 1.60. The Morgan fingerprint density at radius 3 is 3.33 bits per heavy atom. The number of methoxy groups -OCH3 is 1. The van der Waals surface area contributed by atoms with Crippen molar-refractivity contribution >= 4 is 6.09 Å². The molecule has 0 aromatic heterocycles. The molecule has 1 saturated heterocycles. The van der Waals surface area contributed by atoms with Crippen LogP contribution in [-0.2, 0) is 9.47 Å². The second-order valence-corrected chi connectivity index (χ2v) is 2.93. The second kappa shape index (κ2) is 2.79. The molecule has 2 aliphatic rings. The molecular weight excluding hydrogens is 158 g/mol. The molecule has 0 N–H and O–H groups in total. The molecule has 0 spiro atoms. The molecule has 0 radical (unpaired) electrons. The number of carbonyl (C=O) groups is 1. The first-order chi connectivity index (χ1) is 5.83. The van der Waals surface area contributed by atoms with Gasteiger partial charge in [-0.05, 0) is 12.5 Å². The van der Waals surface area contributed by atoms with Gasteiger partial charge >= 0.3 is 6.09 Å². The number of fused-ring (bicyclic) bond motifs is 1. The largest absolute Gasteiger partial charge is 0.447 e. The summed E-state index contributed by atoms with van der Waals surface area (Å²) in [7, 11) is 1.59. The topological polar surface area (TPSA) is 38.8 Å². The lowest BCUT2D eigenvalue weighted by Gasteiger charge is -2.29. The minimum Gasteiger partial charge on any atom is -0.447 e. The van der Waals surface area contributed by atoms with Gasteiger partial charge in [0.1, 0.15) is 6.61 Å². The van der Waals surface area contributed by atoms with Crippen LogP contribution in [0.15, 0.2) is 12.2 Å². The molecular formula is C8H11NO3. The number of hydrogen-bond acceptors (Lipinski definition) is 3. The molecule has 0 bridgehead atoms. The van der Waals surface area contributed by atoms with Gasteiger partial charge in [0, 0.05) is 7.11 Å². The maximum Gasteiger partial charge on any atom is 0.412 e. The highest BCUT2D eigenvalue weighted by Gasteiger charge is 2.38. The minimum atomic E-state index is -0.267. The van der Waals surface area contributed by atoms with Crippen molar-refractivity contribution in [2.24, 2.45) is 0 Å². The Bertz CT molecular complexity index is 226. The fraction of sp³-hybridized carbons (Fsp3) is 0.625. The van der Waals surface area contributed by atoms with Crippen LogP contribution in [-0.4, -0.2) is 37.0 Å². The molecule has 4 nitrogen and oxygen atoms in total. The predicted octanol–water partition coefficient (Wildman–Crippen LogP) is 0.740. The van der Waals surface area contributed by atoms with Gasteiger partial charge in [0.15, 0.2) is 6.23 Å². The standard InChI is InChI=1S/C8H11NO3/c1-11-7-4-2-3-6-5-12-8(10)9(6)7/h2,4,6-7H,3,5H2,1H3. The highest BCUT2D eigenvalue weighted by molar-refractivity contribution is 5.71. The van der Waals surface area contributed by atoms with Gasteiger partial charge in [-0.15, -0.1) is 0 Å². The van der Waals surface area contributed by atoms with Crippen molar-refractivity contribution in [3.8, 4) is 0 Å². The zero-order chi connectivity index (χ0) is 8.55. The predicted molar refractivity (Wildman–Crippen MR) is 41.5 cm³/mol. The summed E-state index contributed by atoms with van der Waals surface area (Å²) in [6, 6.07) is 0.174. The van der Waals surface area contributed by atoms with Gasteiger partial charge < -0.3 is 9.47 Å². The SMILES string of the molecule is COC1C=CCC2COC(=O)N21. The highest BCUT2D eigenvalue weighted by atomic mass is 16.6. The molecule has 0 aliphatic carbocycles. The monoisotopic (exact) mass is 169 g/mol. The van der Waals surface area contributed by atoms with Crippen LogP contribution in [0.1, 0.15) is 6.42 Å². The average Bonchev–Trinajstić information content (AvgIpc) is 2.48. The Labute approximate surface area is 70.7 Å². The summed E-state index contributed by atoms with van der Waals surface area (Å²) in [5.74, 6) is 0. The van der Waals surface area contributed by atoms with Gasteiger partial charge in [-0.25, -0.2) is 4.79 Å². The molecule has 2 heterocycles. The van der Waals surface area contributed by atoms with Crippen molar-refractivity contribution in [1.29, 1.82) is 0 Å². The summed E-state index contributed by atoms with van der Waals surface area (Å²) in [6.07, 6.45) is 4.27. The van der Waals surface area contributed by atoms with Gasteiger partial charge in [-0.3, -0.25) is 4.90 Å². The molecule has 2 aliphatic heterocycles. The van der Waals surface area contributed by atoms with Crippen molar-refractivity contribution in [2.75, 3.05) is 13.7 Å². The summed E-state index contributed by atoms with van der Waals surface area (Å²) in [4.78, 5) is 12.8. The number of rotatable bonds is 1. The Balaban J connectivity index is 2.20. The first kappa shape index (κ1) is 7.61. The number of carbonyl (C=O) groups excluding carboxylic acids is 1. The third kappa shape index (κ3) is 0.992. The van der Waals surface area contributed by atoms with E-state index in [1.54, 1.807) is 12.0 Å². The Kier molecular flexibility index (Phi) is 1.77. The molecule has 12 heavy (non-hydrogen) atoms. The van der Waals surface area contributed by atoms with Gasteiger partial charge in [-0.1, -0.05) is 6.08 Å². The smallest absolute Gasteiger partial charge is 0.412 e. The van der Waals surface area contributed by atoms with Gasteiger partial charge in [0.05, 0.1) is 6.04 Å². The molecule has 2 rings (SSSR count). The van der Waals surface area contributed by atoms with Crippen molar-refractivity contribution in [3.63, 3.8) is 0 Å². The van der Waals surface area contributed by atoms with Gasteiger partial charge in [-0.2, -0.15) is 0 Å². The number of hydrogen-bond donors (Lipinski definition) is 0. The van der Waals surface area contributed by atoms with Crippen LogP contribution in [0.25, 0.3) is 0 Å². The fourth-order valence-electron chi connectivity index (χ4n) is 1.60. The van der Waals surface area contributed by atoms with E-state index in [1.807, 2.05) is 12.2 Å². The van der Waals surface area contributed by atoms with E-state index in [0.29, 0.717) is 6.61 Å². The van der Waals surface area contributed by atoms with Crippen molar-refractivity contribution in [1.82, 2.24) is 4.90 Å². The van der Waals surface area contributed by atoms with Crippen LogP contribution in [0.5, 0.6) is 0 Å². The lowest BCUT2D eigenvalue weighted by molar-refractivity contribution is 0.0114. The zero-order valence-corrected chi connectivity index (χ0v) is 6.90. The Morgan fingerprint density at radius 1 is 1.75 bits per heavy atom. The van der Waals surface area contributed by atoms with Crippen LogP contribution in [0.3, 0.4) is 0 Å². The molecule has 1 amide bonds. The zero-order valence-electron chi connectivity index (χ0n) is 6.90. The molecule has 1 fully saturated rings. The van der Waals surface area contributed by atoms with Crippen LogP contribution >= 0.6 is 0 Å². The quantitative estimate of drug-likeness (QED) is 0.543. The maximum atomic E-state index is 11.2. The van der Waals surface area contributed by atoms with E-state index in [1.165, 1.54) is 0 Å². The average molecular weight is 169 g/mol. The number of nitrogens with zero attached hydrogens (tertiary/aromatic N) is 1. The van der Waals surface area contributed by atoms with Gasteiger partial charge in [0.25, 0.3) is 0 Å². The second-order valence-electron chi connectivity index (χ2n) is 2.93. The number of amides is 1. The highest BCUT2D eigenvalue weighted by Crippen LogP contribution is 2.23. The van der Waals surface area contributed by atoms with E-state index in [4.69, 9.17) is 9.47 Å². The maximum absolute atomic E-state index is 11.2. The van der Waals surface area contributed by atoms with Crippen LogP contribution < -0.4 is 0 Å². The molecule has 0 aromatic rings. The minimum absolute atomic E-state index is 0.174. The molecule has 0 saturated carbocycles. The van der Waals surface area contributed by atoms with Gasteiger partial charge in [0.2, 0.25) is 0 Å². The van der Waals surface area contributed by atoms with E-state index < -0.39 is 0 Å². The van der Waals surface area contributed by atoms with E-state index in [2.05, 4.69) is 0 Å². The van der Waals surface area contributed by atoms with Crippen molar-refractivity contribution in [2.45, 2.75) is 18.7 Å².